The van der Waals surface area contributed by atoms with Crippen molar-refractivity contribution in [2.24, 2.45) is 0 Å². The molecule has 8 heteroatoms. The van der Waals surface area contributed by atoms with Gasteiger partial charge in [-0.3, -0.25) is 10.1 Å². The minimum Gasteiger partial charge on any atom is -0.379 e. The molecular formula is C14H10BrNO5S. The molecule has 0 atom stereocenters. The van der Waals surface area contributed by atoms with Gasteiger partial charge in [0.25, 0.3) is 0 Å². The zero-order valence-corrected chi connectivity index (χ0v) is 13.5. The molecule has 0 N–H and O–H groups in total. The van der Waals surface area contributed by atoms with Gasteiger partial charge < -0.3 is 4.18 Å². The number of nitrogens with zero attached hydrogens (tertiary/aromatic N) is 1. The Kier molecular flexibility index (Phi) is 4.94. The molecule has 0 aliphatic carbocycles. The van der Waals surface area contributed by atoms with Crippen molar-refractivity contribution in [1.29, 1.82) is 0 Å². The van der Waals surface area contributed by atoms with Gasteiger partial charge in [-0.25, -0.2) is 0 Å². The molecule has 0 bridgehead atoms. The number of rotatable bonds is 5. The van der Waals surface area contributed by atoms with E-state index in [-0.39, 0.29) is 10.6 Å². The summed E-state index contributed by atoms with van der Waals surface area (Å²) in [6, 6.07) is 11.9. The molecule has 114 valence electrons. The van der Waals surface area contributed by atoms with Gasteiger partial charge in [0, 0.05) is 10.5 Å². The van der Waals surface area contributed by atoms with Gasteiger partial charge in [-0.15, -0.1) is 0 Å². The highest BCUT2D eigenvalue weighted by Gasteiger charge is 2.16. The fourth-order valence-electron chi connectivity index (χ4n) is 1.56. The first-order valence-electron chi connectivity index (χ1n) is 5.99. The van der Waals surface area contributed by atoms with Gasteiger partial charge in [0.2, 0.25) is 6.20 Å². The first-order valence-corrected chi connectivity index (χ1v) is 8.19. The highest BCUT2D eigenvalue weighted by molar-refractivity contribution is 9.10. The summed E-state index contributed by atoms with van der Waals surface area (Å²) >= 11 is 3.22. The van der Waals surface area contributed by atoms with Crippen LogP contribution in [0.15, 0.2) is 64.1 Å². The highest BCUT2D eigenvalue weighted by atomic mass is 79.9. The average Bonchev–Trinajstić information content (AvgIpc) is 2.46. The topological polar surface area (TPSA) is 86.5 Å². The highest BCUT2D eigenvalue weighted by Crippen LogP contribution is 2.21. The molecule has 6 nitrogen and oxygen atoms in total. The normalized spacial score (nSPS) is 11.5. The van der Waals surface area contributed by atoms with E-state index in [4.69, 9.17) is 4.18 Å². The Labute approximate surface area is 135 Å². The van der Waals surface area contributed by atoms with E-state index in [0.717, 1.165) is 10.7 Å². The van der Waals surface area contributed by atoms with E-state index in [1.807, 2.05) is 0 Å². The molecule has 0 saturated carbocycles. The van der Waals surface area contributed by atoms with E-state index in [1.54, 1.807) is 12.1 Å². The zero-order valence-electron chi connectivity index (χ0n) is 11.0. The van der Waals surface area contributed by atoms with Gasteiger partial charge in [0.05, 0.1) is 4.92 Å². The summed E-state index contributed by atoms with van der Waals surface area (Å²) in [5, 5.41) is 10.2. The molecule has 2 aromatic carbocycles. The summed E-state index contributed by atoms with van der Waals surface area (Å²) in [6.45, 7) is 0. The number of halogens is 1. The molecule has 2 aromatic rings. The average molecular weight is 384 g/mol. The smallest absolute Gasteiger partial charge is 0.339 e. The van der Waals surface area contributed by atoms with Gasteiger partial charge in [-0.1, -0.05) is 28.1 Å². The van der Waals surface area contributed by atoms with Crippen LogP contribution in [0.3, 0.4) is 0 Å². The molecular weight excluding hydrogens is 374 g/mol. The predicted octanol–water partition coefficient (Wildman–Crippen LogP) is 3.46. The van der Waals surface area contributed by atoms with Crippen LogP contribution in [0.2, 0.25) is 0 Å². The van der Waals surface area contributed by atoms with E-state index < -0.39 is 15.0 Å². The van der Waals surface area contributed by atoms with Gasteiger partial charge in [-0.2, -0.15) is 8.42 Å². The monoisotopic (exact) mass is 383 g/mol. The Bertz CT molecular complexity index is 798. The third-order valence-electron chi connectivity index (χ3n) is 2.58. The number of nitro groups is 1. The molecule has 0 aromatic heterocycles. The van der Waals surface area contributed by atoms with Crippen LogP contribution in [-0.4, -0.2) is 13.3 Å². The Morgan fingerprint density at radius 2 is 1.64 bits per heavy atom. The van der Waals surface area contributed by atoms with E-state index in [9.17, 15) is 18.5 Å². The van der Waals surface area contributed by atoms with E-state index in [0.29, 0.717) is 5.56 Å². The van der Waals surface area contributed by atoms with Gasteiger partial charge in [0.1, 0.15) is 10.6 Å². The molecule has 0 heterocycles. The fraction of sp³-hybridized carbons (Fsp3) is 0. The second-order valence-corrected chi connectivity index (χ2v) is 6.62. The fourth-order valence-corrected chi connectivity index (χ4v) is 2.75. The molecule has 0 aliphatic rings. The zero-order chi connectivity index (χ0) is 16.2. The van der Waals surface area contributed by atoms with Crippen molar-refractivity contribution in [2.75, 3.05) is 0 Å². The minimum absolute atomic E-state index is 0.0352. The summed E-state index contributed by atoms with van der Waals surface area (Å²) < 4.78 is 29.9. The van der Waals surface area contributed by atoms with Crippen LogP contribution >= 0.6 is 15.9 Å². The molecule has 0 amide bonds. The largest absolute Gasteiger partial charge is 0.379 e. The summed E-state index contributed by atoms with van der Waals surface area (Å²) in [5.41, 5.74) is 0.560. The Morgan fingerprint density at radius 1 is 1.05 bits per heavy atom. The SMILES string of the molecule is O=[N+]([O-])/C=C/c1ccc(OS(=O)(=O)c2ccc(Br)cc2)cc1. The van der Waals surface area contributed by atoms with Gasteiger partial charge in [0.15, 0.2) is 0 Å². The van der Waals surface area contributed by atoms with Crippen molar-refractivity contribution in [3.05, 3.63) is 74.9 Å². The molecule has 0 saturated heterocycles. The van der Waals surface area contributed by atoms with E-state index in [2.05, 4.69) is 15.9 Å². The third-order valence-corrected chi connectivity index (χ3v) is 4.37. The molecule has 0 radical (unpaired) electrons. The Morgan fingerprint density at radius 3 is 2.18 bits per heavy atom. The van der Waals surface area contributed by atoms with Crippen molar-refractivity contribution in [2.45, 2.75) is 4.90 Å². The van der Waals surface area contributed by atoms with Crippen LogP contribution in [0.4, 0.5) is 0 Å². The molecule has 0 aliphatic heterocycles. The standard InChI is InChI=1S/C14H10BrNO5S/c15-12-3-7-14(8-4-12)22(19,20)21-13-5-1-11(2-6-13)9-10-16(17)18/h1-10H/b10-9+. The van der Waals surface area contributed by atoms with E-state index >= 15 is 0 Å². The van der Waals surface area contributed by atoms with Gasteiger partial charge in [-0.05, 0) is 42.0 Å². The maximum Gasteiger partial charge on any atom is 0.339 e. The lowest BCUT2D eigenvalue weighted by atomic mass is 10.2. The van der Waals surface area contributed by atoms with Gasteiger partial charge >= 0.3 is 10.1 Å². The third kappa shape index (κ3) is 4.40. The maximum absolute atomic E-state index is 12.1. The predicted molar refractivity (Wildman–Crippen MR) is 84.4 cm³/mol. The first-order chi connectivity index (χ1) is 10.4. The van der Waals surface area contributed by atoms with E-state index in [1.165, 1.54) is 42.5 Å². The summed E-state index contributed by atoms with van der Waals surface area (Å²) in [4.78, 5) is 9.67. The van der Waals surface area contributed by atoms with Crippen molar-refractivity contribution in [1.82, 2.24) is 0 Å². The van der Waals surface area contributed by atoms with Crippen LogP contribution in [0.25, 0.3) is 6.08 Å². The minimum atomic E-state index is -3.92. The van der Waals surface area contributed by atoms with Crippen LogP contribution in [-0.2, 0) is 10.1 Å². The van der Waals surface area contributed by atoms with Crippen molar-refractivity contribution >= 4 is 32.1 Å². The van der Waals surface area contributed by atoms with Crippen molar-refractivity contribution in [3.8, 4) is 5.75 Å². The number of benzene rings is 2. The lowest BCUT2D eigenvalue weighted by Crippen LogP contribution is -2.09. The number of hydrogen-bond donors (Lipinski definition) is 0. The summed E-state index contributed by atoms with van der Waals surface area (Å²) in [5.74, 6) is 0.126. The summed E-state index contributed by atoms with van der Waals surface area (Å²) in [6.07, 6.45) is 2.10. The molecule has 0 spiro atoms. The Balaban J connectivity index is 2.16. The van der Waals surface area contributed by atoms with Crippen LogP contribution in [0.5, 0.6) is 5.75 Å². The van der Waals surface area contributed by atoms with Crippen LogP contribution in [0, 0.1) is 10.1 Å². The molecule has 22 heavy (non-hydrogen) atoms. The van der Waals surface area contributed by atoms with Crippen LogP contribution < -0.4 is 4.18 Å². The van der Waals surface area contributed by atoms with Crippen molar-refractivity contribution in [3.63, 3.8) is 0 Å². The maximum atomic E-state index is 12.1. The first kappa shape index (κ1) is 16.2. The molecule has 0 fully saturated rings. The second-order valence-electron chi connectivity index (χ2n) is 4.16. The van der Waals surface area contributed by atoms with Crippen molar-refractivity contribution < 1.29 is 17.5 Å². The lowest BCUT2D eigenvalue weighted by Gasteiger charge is -2.07. The Hall–Kier alpha value is -2.19. The second kappa shape index (κ2) is 6.71. The summed E-state index contributed by atoms with van der Waals surface area (Å²) in [7, 11) is -3.92. The molecule has 0 unspecified atom stereocenters. The lowest BCUT2D eigenvalue weighted by molar-refractivity contribution is -0.400. The quantitative estimate of drug-likeness (QED) is 0.448. The number of hydrogen-bond acceptors (Lipinski definition) is 5. The molecule has 2 rings (SSSR count). The van der Waals surface area contributed by atoms with Crippen LogP contribution in [0.1, 0.15) is 5.56 Å².